The largest absolute Gasteiger partial charge is 0.493 e. The minimum absolute atomic E-state index is 0.319. The van der Waals surface area contributed by atoms with Crippen molar-refractivity contribution in [3.63, 3.8) is 0 Å². The Morgan fingerprint density at radius 1 is 1.06 bits per heavy atom. The minimum atomic E-state index is -0.336. The van der Waals surface area contributed by atoms with Crippen LogP contribution >= 0.6 is 11.6 Å². The summed E-state index contributed by atoms with van der Waals surface area (Å²) in [4.78, 5) is 17.4. The number of anilines is 1. The predicted octanol–water partition coefficient (Wildman–Crippen LogP) is 4.76. The van der Waals surface area contributed by atoms with Gasteiger partial charge in [0.25, 0.3) is 5.91 Å². The minimum Gasteiger partial charge on any atom is -0.493 e. The summed E-state index contributed by atoms with van der Waals surface area (Å²) in [5.41, 5.74) is 4.55. The van der Waals surface area contributed by atoms with Gasteiger partial charge in [0.2, 0.25) is 0 Å². The molecule has 32 heavy (non-hydrogen) atoms. The lowest BCUT2D eigenvalue weighted by molar-refractivity contribution is 0.102. The molecule has 0 atom stereocenters. The standard InChI is InChI=1S/C24H19ClN4O3/c1-31-19-12-14-11-16-22(24(30)27-21-9-5-6-10-26-21)28-29(18-8-4-3-7-17(18)25)23(16)15(14)13-20(19)32-2/h3-10,12-13H,11H2,1-2H3,(H,26,27,30). The van der Waals surface area contributed by atoms with Crippen LogP contribution in [0, 0.1) is 0 Å². The molecule has 0 spiro atoms. The van der Waals surface area contributed by atoms with E-state index in [1.54, 1.807) is 43.3 Å². The Kier molecular flexibility index (Phi) is 5.03. The fourth-order valence-electron chi connectivity index (χ4n) is 3.97. The summed E-state index contributed by atoms with van der Waals surface area (Å²) < 4.78 is 12.7. The van der Waals surface area contributed by atoms with Gasteiger partial charge in [-0.1, -0.05) is 29.8 Å². The van der Waals surface area contributed by atoms with Crippen molar-refractivity contribution in [2.75, 3.05) is 19.5 Å². The first-order valence-electron chi connectivity index (χ1n) is 9.95. The number of hydrogen-bond donors (Lipinski definition) is 1. The summed E-state index contributed by atoms with van der Waals surface area (Å²) in [7, 11) is 3.20. The van der Waals surface area contributed by atoms with E-state index in [4.69, 9.17) is 21.1 Å². The van der Waals surface area contributed by atoms with Gasteiger partial charge in [0, 0.05) is 23.7 Å². The van der Waals surface area contributed by atoms with E-state index in [0.717, 1.165) is 22.4 Å². The van der Waals surface area contributed by atoms with Crippen LogP contribution in [-0.2, 0) is 6.42 Å². The maximum Gasteiger partial charge on any atom is 0.277 e. The molecule has 8 heteroatoms. The molecule has 0 fully saturated rings. The molecule has 2 aromatic carbocycles. The average molecular weight is 447 g/mol. The van der Waals surface area contributed by atoms with Crippen molar-refractivity contribution >= 4 is 23.3 Å². The molecule has 7 nitrogen and oxygen atoms in total. The highest BCUT2D eigenvalue weighted by molar-refractivity contribution is 6.32. The third kappa shape index (κ3) is 3.27. The summed E-state index contributed by atoms with van der Waals surface area (Å²) in [5.74, 6) is 1.36. The zero-order chi connectivity index (χ0) is 22.2. The highest BCUT2D eigenvalue weighted by Crippen LogP contribution is 2.45. The fraction of sp³-hybridized carbons (Fsp3) is 0.125. The van der Waals surface area contributed by atoms with Crippen LogP contribution in [0.15, 0.2) is 60.8 Å². The monoisotopic (exact) mass is 446 g/mol. The summed E-state index contributed by atoms with van der Waals surface area (Å²) >= 11 is 6.50. The SMILES string of the molecule is COc1cc2c(cc1OC)-c1c(c(C(=O)Nc3ccccn3)nn1-c1ccccc1Cl)C2. The molecule has 160 valence electrons. The summed E-state index contributed by atoms with van der Waals surface area (Å²) in [6.07, 6.45) is 2.15. The number of methoxy groups -OCH3 is 2. The number of para-hydroxylation sites is 1. The molecule has 2 aromatic heterocycles. The normalized spacial score (nSPS) is 11.6. The van der Waals surface area contributed by atoms with E-state index in [0.29, 0.717) is 40.1 Å². The van der Waals surface area contributed by atoms with Gasteiger partial charge in [-0.25, -0.2) is 9.67 Å². The Balaban J connectivity index is 1.69. The Bertz CT molecular complexity index is 1330. The van der Waals surface area contributed by atoms with Gasteiger partial charge in [0.1, 0.15) is 5.82 Å². The molecule has 4 aromatic rings. The molecule has 1 aliphatic carbocycles. The van der Waals surface area contributed by atoms with E-state index in [1.807, 2.05) is 36.4 Å². The van der Waals surface area contributed by atoms with Crippen molar-refractivity contribution in [2.45, 2.75) is 6.42 Å². The lowest BCUT2D eigenvalue weighted by Crippen LogP contribution is -2.15. The number of carbonyl (C=O) groups is 1. The Morgan fingerprint density at radius 2 is 1.81 bits per heavy atom. The fourth-order valence-corrected chi connectivity index (χ4v) is 4.18. The molecule has 0 aliphatic heterocycles. The average Bonchev–Trinajstić information content (AvgIpc) is 3.36. The van der Waals surface area contributed by atoms with E-state index in [2.05, 4.69) is 15.4 Å². The second-order valence-corrected chi connectivity index (χ2v) is 7.66. The smallest absolute Gasteiger partial charge is 0.277 e. The van der Waals surface area contributed by atoms with Gasteiger partial charge in [0.15, 0.2) is 17.2 Å². The molecule has 1 amide bonds. The van der Waals surface area contributed by atoms with Gasteiger partial charge in [0.05, 0.1) is 30.6 Å². The number of nitrogens with zero attached hydrogens (tertiary/aromatic N) is 3. The zero-order valence-corrected chi connectivity index (χ0v) is 18.2. The molecule has 0 unspecified atom stereocenters. The van der Waals surface area contributed by atoms with Crippen molar-refractivity contribution < 1.29 is 14.3 Å². The van der Waals surface area contributed by atoms with Crippen LogP contribution in [0.25, 0.3) is 16.9 Å². The highest BCUT2D eigenvalue weighted by Gasteiger charge is 2.33. The van der Waals surface area contributed by atoms with Crippen LogP contribution in [0.2, 0.25) is 5.02 Å². The number of hydrogen-bond acceptors (Lipinski definition) is 5. The molecule has 5 rings (SSSR count). The van der Waals surface area contributed by atoms with E-state index in [-0.39, 0.29) is 5.91 Å². The maximum atomic E-state index is 13.2. The second-order valence-electron chi connectivity index (χ2n) is 7.25. The van der Waals surface area contributed by atoms with Crippen molar-refractivity contribution in [1.82, 2.24) is 14.8 Å². The van der Waals surface area contributed by atoms with Crippen LogP contribution in [0.5, 0.6) is 11.5 Å². The van der Waals surface area contributed by atoms with Crippen LogP contribution in [0.1, 0.15) is 21.6 Å². The molecular weight excluding hydrogens is 428 g/mol. The number of amides is 1. The summed E-state index contributed by atoms with van der Waals surface area (Å²) in [6.45, 7) is 0. The topological polar surface area (TPSA) is 78.3 Å². The Labute approximate surface area is 189 Å². The molecule has 0 bridgehead atoms. The van der Waals surface area contributed by atoms with Crippen molar-refractivity contribution in [3.05, 3.63) is 82.6 Å². The van der Waals surface area contributed by atoms with Gasteiger partial charge in [-0.15, -0.1) is 0 Å². The van der Waals surface area contributed by atoms with Gasteiger partial charge < -0.3 is 14.8 Å². The Hall–Kier alpha value is -3.84. The quantitative estimate of drug-likeness (QED) is 0.421. The van der Waals surface area contributed by atoms with Gasteiger partial charge >= 0.3 is 0 Å². The van der Waals surface area contributed by atoms with Crippen LogP contribution in [-0.4, -0.2) is 34.9 Å². The van der Waals surface area contributed by atoms with Gasteiger partial charge in [-0.2, -0.15) is 5.10 Å². The number of halogens is 1. The van der Waals surface area contributed by atoms with Crippen molar-refractivity contribution in [2.24, 2.45) is 0 Å². The number of pyridine rings is 1. The first kappa shape index (κ1) is 20.1. The van der Waals surface area contributed by atoms with Crippen LogP contribution < -0.4 is 14.8 Å². The molecule has 0 saturated heterocycles. The third-order valence-electron chi connectivity index (χ3n) is 5.42. The number of fused-ring (bicyclic) bond motifs is 3. The Morgan fingerprint density at radius 3 is 2.53 bits per heavy atom. The molecule has 1 aliphatic rings. The first-order chi connectivity index (χ1) is 15.6. The number of benzene rings is 2. The van der Waals surface area contributed by atoms with E-state index >= 15 is 0 Å². The van der Waals surface area contributed by atoms with Crippen molar-refractivity contribution in [3.8, 4) is 28.4 Å². The van der Waals surface area contributed by atoms with E-state index < -0.39 is 0 Å². The lowest BCUT2D eigenvalue weighted by atomic mass is 10.1. The van der Waals surface area contributed by atoms with E-state index in [1.165, 1.54) is 0 Å². The predicted molar refractivity (Wildman–Crippen MR) is 122 cm³/mol. The number of ether oxygens (including phenoxy) is 2. The number of carbonyl (C=O) groups excluding carboxylic acids is 1. The number of nitrogens with one attached hydrogen (secondary N) is 1. The second kappa shape index (κ2) is 8.01. The molecule has 2 heterocycles. The molecule has 1 N–H and O–H groups in total. The molecule has 0 radical (unpaired) electrons. The number of rotatable bonds is 5. The highest BCUT2D eigenvalue weighted by atomic mass is 35.5. The van der Waals surface area contributed by atoms with Gasteiger partial charge in [-0.05, 0) is 42.0 Å². The summed E-state index contributed by atoms with van der Waals surface area (Å²) in [5, 5.41) is 8.04. The third-order valence-corrected chi connectivity index (χ3v) is 5.74. The summed E-state index contributed by atoms with van der Waals surface area (Å²) in [6, 6.07) is 16.6. The van der Waals surface area contributed by atoms with Gasteiger partial charge in [-0.3, -0.25) is 4.79 Å². The maximum absolute atomic E-state index is 13.2. The number of aromatic nitrogens is 3. The lowest BCUT2D eigenvalue weighted by Gasteiger charge is -2.13. The van der Waals surface area contributed by atoms with Crippen LogP contribution in [0.4, 0.5) is 5.82 Å². The van der Waals surface area contributed by atoms with E-state index in [9.17, 15) is 4.79 Å². The van der Waals surface area contributed by atoms with Crippen LogP contribution in [0.3, 0.4) is 0 Å². The zero-order valence-electron chi connectivity index (χ0n) is 17.4. The van der Waals surface area contributed by atoms with Crippen molar-refractivity contribution in [1.29, 1.82) is 0 Å². The first-order valence-corrected chi connectivity index (χ1v) is 10.3. The molecular formula is C24H19ClN4O3. The molecule has 0 saturated carbocycles.